The van der Waals surface area contributed by atoms with Crippen LogP contribution >= 0.6 is 27.3 Å². The lowest BCUT2D eigenvalue weighted by Gasteiger charge is -1.99. The van der Waals surface area contributed by atoms with Crippen molar-refractivity contribution in [2.24, 2.45) is 0 Å². The van der Waals surface area contributed by atoms with Gasteiger partial charge in [0.15, 0.2) is 0 Å². The standard InChI is InChI=1S/C10H10BrN3S/c11-8-3-1-2-7(6-8)4-5-9-13-14-10(12)15-9/h1-3,6H,4-5H2,(H2,12,14). The lowest BCUT2D eigenvalue weighted by atomic mass is 10.1. The molecule has 0 spiro atoms. The second kappa shape index (κ2) is 4.72. The molecule has 1 aromatic carbocycles. The molecular weight excluding hydrogens is 274 g/mol. The molecule has 0 unspecified atom stereocenters. The van der Waals surface area contributed by atoms with Gasteiger partial charge in [-0.2, -0.15) is 0 Å². The molecule has 5 heteroatoms. The summed E-state index contributed by atoms with van der Waals surface area (Å²) in [6.45, 7) is 0. The minimum Gasteiger partial charge on any atom is -0.374 e. The Morgan fingerprint density at radius 2 is 2.13 bits per heavy atom. The maximum Gasteiger partial charge on any atom is 0.203 e. The molecule has 78 valence electrons. The van der Waals surface area contributed by atoms with Gasteiger partial charge in [-0.1, -0.05) is 39.4 Å². The van der Waals surface area contributed by atoms with Gasteiger partial charge in [-0.25, -0.2) is 0 Å². The van der Waals surface area contributed by atoms with Crippen molar-refractivity contribution in [1.82, 2.24) is 10.2 Å². The fraction of sp³-hybridized carbons (Fsp3) is 0.200. The minimum atomic E-state index is 0.541. The zero-order chi connectivity index (χ0) is 10.7. The number of benzene rings is 1. The zero-order valence-electron chi connectivity index (χ0n) is 7.98. The first-order valence-corrected chi connectivity index (χ1v) is 6.17. The van der Waals surface area contributed by atoms with Gasteiger partial charge in [0, 0.05) is 10.9 Å². The van der Waals surface area contributed by atoms with Gasteiger partial charge in [-0.15, -0.1) is 10.2 Å². The van der Waals surface area contributed by atoms with E-state index in [1.54, 1.807) is 0 Å². The van der Waals surface area contributed by atoms with Gasteiger partial charge in [-0.05, 0) is 24.1 Å². The van der Waals surface area contributed by atoms with E-state index in [0.717, 1.165) is 22.3 Å². The summed E-state index contributed by atoms with van der Waals surface area (Å²) in [6, 6.07) is 8.28. The van der Waals surface area contributed by atoms with E-state index in [4.69, 9.17) is 5.73 Å². The zero-order valence-corrected chi connectivity index (χ0v) is 10.4. The molecule has 0 saturated carbocycles. The summed E-state index contributed by atoms with van der Waals surface area (Å²) in [4.78, 5) is 0. The molecular formula is C10H10BrN3S. The molecule has 2 rings (SSSR count). The van der Waals surface area contributed by atoms with Crippen molar-refractivity contribution in [3.63, 3.8) is 0 Å². The van der Waals surface area contributed by atoms with Crippen molar-refractivity contribution in [2.45, 2.75) is 12.8 Å². The lowest BCUT2D eigenvalue weighted by Crippen LogP contribution is -1.90. The Hall–Kier alpha value is -0.940. The van der Waals surface area contributed by atoms with Crippen LogP contribution in [0.25, 0.3) is 0 Å². The maximum atomic E-state index is 5.51. The third kappa shape index (κ3) is 3.00. The molecule has 0 bridgehead atoms. The van der Waals surface area contributed by atoms with Crippen LogP contribution in [-0.4, -0.2) is 10.2 Å². The predicted octanol–water partition coefficient (Wildman–Crippen LogP) is 2.67. The van der Waals surface area contributed by atoms with E-state index in [2.05, 4.69) is 38.3 Å². The summed E-state index contributed by atoms with van der Waals surface area (Å²) >= 11 is 4.90. The molecule has 0 aliphatic rings. The van der Waals surface area contributed by atoms with E-state index < -0.39 is 0 Å². The third-order valence-corrected chi connectivity index (χ3v) is 3.30. The Morgan fingerprint density at radius 3 is 2.80 bits per heavy atom. The first kappa shape index (κ1) is 10.6. The Bertz CT molecular complexity index is 455. The number of anilines is 1. The van der Waals surface area contributed by atoms with Crippen LogP contribution < -0.4 is 5.73 Å². The molecule has 0 saturated heterocycles. The Kier molecular flexibility index (Phi) is 3.33. The van der Waals surface area contributed by atoms with Gasteiger partial charge in [0.05, 0.1) is 0 Å². The van der Waals surface area contributed by atoms with Gasteiger partial charge in [0.1, 0.15) is 5.01 Å². The fourth-order valence-electron chi connectivity index (χ4n) is 1.31. The Balaban J connectivity index is 1.99. The van der Waals surface area contributed by atoms with Gasteiger partial charge in [0.25, 0.3) is 0 Å². The predicted molar refractivity (Wildman–Crippen MR) is 65.9 cm³/mol. The van der Waals surface area contributed by atoms with E-state index in [0.29, 0.717) is 5.13 Å². The van der Waals surface area contributed by atoms with Crippen molar-refractivity contribution < 1.29 is 0 Å². The molecule has 3 nitrogen and oxygen atoms in total. The number of halogens is 1. The molecule has 15 heavy (non-hydrogen) atoms. The quantitative estimate of drug-likeness (QED) is 0.942. The highest BCUT2D eigenvalue weighted by Gasteiger charge is 2.01. The molecule has 0 amide bonds. The van der Waals surface area contributed by atoms with E-state index in [1.807, 2.05) is 12.1 Å². The fourth-order valence-corrected chi connectivity index (χ4v) is 2.37. The molecule has 2 aromatic rings. The summed E-state index contributed by atoms with van der Waals surface area (Å²) < 4.78 is 1.11. The van der Waals surface area contributed by atoms with E-state index in [1.165, 1.54) is 16.9 Å². The number of nitrogen functional groups attached to an aromatic ring is 1. The number of rotatable bonds is 3. The minimum absolute atomic E-state index is 0.541. The second-order valence-corrected chi connectivity index (χ2v) is 5.17. The molecule has 0 fully saturated rings. The smallest absolute Gasteiger partial charge is 0.203 e. The molecule has 1 aromatic heterocycles. The largest absolute Gasteiger partial charge is 0.374 e. The molecule has 0 radical (unpaired) electrons. The first-order chi connectivity index (χ1) is 7.24. The van der Waals surface area contributed by atoms with E-state index in [-0.39, 0.29) is 0 Å². The molecule has 0 aliphatic heterocycles. The summed E-state index contributed by atoms with van der Waals surface area (Å²) in [5.41, 5.74) is 6.80. The topological polar surface area (TPSA) is 51.8 Å². The highest BCUT2D eigenvalue weighted by molar-refractivity contribution is 9.10. The van der Waals surface area contributed by atoms with E-state index in [9.17, 15) is 0 Å². The first-order valence-electron chi connectivity index (χ1n) is 4.56. The normalized spacial score (nSPS) is 10.5. The van der Waals surface area contributed by atoms with Crippen LogP contribution in [0.4, 0.5) is 5.13 Å². The summed E-state index contributed by atoms with van der Waals surface area (Å²) in [5, 5.41) is 9.30. The number of nitrogens with zero attached hydrogens (tertiary/aromatic N) is 2. The third-order valence-electron chi connectivity index (χ3n) is 2.00. The maximum absolute atomic E-state index is 5.51. The van der Waals surface area contributed by atoms with E-state index >= 15 is 0 Å². The number of nitrogens with two attached hydrogens (primary N) is 1. The lowest BCUT2D eigenvalue weighted by molar-refractivity contribution is 0.905. The molecule has 1 heterocycles. The van der Waals surface area contributed by atoms with Crippen LogP contribution in [0, 0.1) is 0 Å². The van der Waals surface area contributed by atoms with Crippen molar-refractivity contribution in [3.8, 4) is 0 Å². The number of hydrogen-bond donors (Lipinski definition) is 1. The summed E-state index contributed by atoms with van der Waals surface area (Å²) in [5.74, 6) is 0. The average Bonchev–Trinajstić information content (AvgIpc) is 2.62. The van der Waals surface area contributed by atoms with Gasteiger partial charge in [0.2, 0.25) is 5.13 Å². The van der Waals surface area contributed by atoms with Crippen molar-refractivity contribution >= 4 is 32.4 Å². The van der Waals surface area contributed by atoms with Crippen molar-refractivity contribution in [2.75, 3.05) is 5.73 Å². The Labute approximate surface area is 100 Å². The molecule has 0 aliphatic carbocycles. The van der Waals surface area contributed by atoms with Crippen LogP contribution in [0.5, 0.6) is 0 Å². The van der Waals surface area contributed by atoms with Crippen LogP contribution in [0.15, 0.2) is 28.7 Å². The number of aryl methyl sites for hydroxylation is 2. The Morgan fingerprint density at radius 1 is 1.27 bits per heavy atom. The van der Waals surface area contributed by atoms with Crippen molar-refractivity contribution in [3.05, 3.63) is 39.3 Å². The highest BCUT2D eigenvalue weighted by atomic mass is 79.9. The number of aromatic nitrogens is 2. The van der Waals surface area contributed by atoms with Crippen LogP contribution in [0.2, 0.25) is 0 Å². The van der Waals surface area contributed by atoms with Gasteiger partial charge >= 0.3 is 0 Å². The molecule has 2 N–H and O–H groups in total. The average molecular weight is 284 g/mol. The van der Waals surface area contributed by atoms with Gasteiger partial charge in [-0.3, -0.25) is 0 Å². The second-order valence-electron chi connectivity index (χ2n) is 3.16. The van der Waals surface area contributed by atoms with Crippen LogP contribution in [0.1, 0.15) is 10.6 Å². The van der Waals surface area contributed by atoms with Crippen molar-refractivity contribution in [1.29, 1.82) is 0 Å². The summed E-state index contributed by atoms with van der Waals surface area (Å²) in [6.07, 6.45) is 1.86. The highest BCUT2D eigenvalue weighted by Crippen LogP contribution is 2.16. The molecule has 0 atom stereocenters. The SMILES string of the molecule is Nc1nnc(CCc2cccc(Br)c2)s1. The monoisotopic (exact) mass is 283 g/mol. The number of hydrogen-bond acceptors (Lipinski definition) is 4. The summed E-state index contributed by atoms with van der Waals surface area (Å²) in [7, 11) is 0. The van der Waals surface area contributed by atoms with Crippen LogP contribution in [-0.2, 0) is 12.8 Å². The van der Waals surface area contributed by atoms with Gasteiger partial charge < -0.3 is 5.73 Å². The van der Waals surface area contributed by atoms with Crippen LogP contribution in [0.3, 0.4) is 0 Å².